The molecular formula is C20H23N3O4S. The van der Waals surface area contributed by atoms with Crippen LogP contribution in [0, 0.1) is 0 Å². The minimum absolute atomic E-state index is 0.0114. The second kappa shape index (κ2) is 8.12. The lowest BCUT2D eigenvalue weighted by Gasteiger charge is -2.41. The number of hydrogen-bond donors (Lipinski definition) is 1. The molecule has 1 aliphatic rings. The van der Waals surface area contributed by atoms with Crippen LogP contribution in [0.1, 0.15) is 22.8 Å². The van der Waals surface area contributed by atoms with Crippen molar-refractivity contribution in [3.63, 3.8) is 0 Å². The maximum absolute atomic E-state index is 13.1. The molecule has 3 rings (SSSR count). The first-order valence-corrected chi connectivity index (χ1v) is 10.5. The molecule has 2 aromatic carbocycles. The molecule has 2 aromatic rings. The van der Waals surface area contributed by atoms with Gasteiger partial charge in [0.05, 0.1) is 10.9 Å². The Balaban J connectivity index is 1.84. The number of benzene rings is 2. The minimum Gasteiger partial charge on any atom is -0.339 e. The van der Waals surface area contributed by atoms with Crippen LogP contribution < -0.4 is 5.14 Å². The van der Waals surface area contributed by atoms with E-state index in [-0.39, 0.29) is 22.8 Å². The molecule has 2 amide bonds. The number of hydrogen-bond acceptors (Lipinski definition) is 4. The molecule has 0 aliphatic carbocycles. The monoisotopic (exact) mass is 401 g/mol. The number of carbonyl (C=O) groups excluding carboxylic acids is 2. The first-order chi connectivity index (χ1) is 13.3. The first kappa shape index (κ1) is 20.0. The van der Waals surface area contributed by atoms with Crippen LogP contribution in [0.4, 0.5) is 0 Å². The Kier molecular flexibility index (Phi) is 5.81. The van der Waals surface area contributed by atoms with E-state index >= 15 is 0 Å². The van der Waals surface area contributed by atoms with E-state index in [9.17, 15) is 18.0 Å². The maximum atomic E-state index is 13.1. The highest BCUT2D eigenvalue weighted by Gasteiger charge is 2.32. The van der Waals surface area contributed by atoms with Crippen LogP contribution in [0.5, 0.6) is 0 Å². The largest absolute Gasteiger partial charge is 0.339 e. The topological polar surface area (TPSA) is 101 Å². The van der Waals surface area contributed by atoms with Gasteiger partial charge in [0, 0.05) is 32.1 Å². The second-order valence-electron chi connectivity index (χ2n) is 6.88. The summed E-state index contributed by atoms with van der Waals surface area (Å²) in [7, 11) is -3.81. The zero-order chi connectivity index (χ0) is 20.3. The van der Waals surface area contributed by atoms with Gasteiger partial charge >= 0.3 is 0 Å². The first-order valence-electron chi connectivity index (χ1n) is 8.99. The Morgan fingerprint density at radius 3 is 2.25 bits per heavy atom. The van der Waals surface area contributed by atoms with Gasteiger partial charge < -0.3 is 9.80 Å². The zero-order valence-corrected chi connectivity index (χ0v) is 16.4. The van der Waals surface area contributed by atoms with Gasteiger partial charge in [0.2, 0.25) is 15.9 Å². The maximum Gasteiger partial charge on any atom is 0.254 e. The van der Waals surface area contributed by atoms with Crippen LogP contribution in [0.2, 0.25) is 0 Å². The third-order valence-electron chi connectivity index (χ3n) is 4.93. The Morgan fingerprint density at radius 1 is 1.04 bits per heavy atom. The molecule has 0 aromatic heterocycles. The average molecular weight is 401 g/mol. The van der Waals surface area contributed by atoms with Gasteiger partial charge in [-0.2, -0.15) is 0 Å². The molecule has 0 bridgehead atoms. The SMILES string of the molecule is CC(=O)N1CCN(C(=O)c2ccc(S(N)(=O)=O)cc2)[C@H](Cc2ccccc2)C1. The molecule has 1 fully saturated rings. The van der Waals surface area contributed by atoms with E-state index in [1.165, 1.54) is 31.2 Å². The molecule has 0 unspecified atom stereocenters. The third kappa shape index (κ3) is 4.58. The molecule has 0 radical (unpaired) electrons. The van der Waals surface area contributed by atoms with Crippen molar-refractivity contribution in [3.8, 4) is 0 Å². The lowest BCUT2D eigenvalue weighted by molar-refractivity contribution is -0.131. The summed E-state index contributed by atoms with van der Waals surface area (Å²) in [5.41, 5.74) is 1.47. The highest BCUT2D eigenvalue weighted by molar-refractivity contribution is 7.89. The molecule has 8 heteroatoms. The van der Waals surface area contributed by atoms with E-state index in [0.717, 1.165) is 5.56 Å². The minimum atomic E-state index is -3.81. The summed E-state index contributed by atoms with van der Waals surface area (Å²) >= 11 is 0. The molecule has 1 aliphatic heterocycles. The van der Waals surface area contributed by atoms with E-state index in [2.05, 4.69) is 0 Å². The van der Waals surface area contributed by atoms with Gasteiger partial charge in [0.1, 0.15) is 0 Å². The van der Waals surface area contributed by atoms with Gasteiger partial charge in [0.25, 0.3) is 5.91 Å². The van der Waals surface area contributed by atoms with E-state index in [1.54, 1.807) is 9.80 Å². The fourth-order valence-electron chi connectivity index (χ4n) is 3.42. The van der Waals surface area contributed by atoms with Crippen LogP contribution in [0.15, 0.2) is 59.5 Å². The van der Waals surface area contributed by atoms with Crippen molar-refractivity contribution in [3.05, 3.63) is 65.7 Å². The fourth-order valence-corrected chi connectivity index (χ4v) is 3.94. The Labute approximate surface area is 164 Å². The van der Waals surface area contributed by atoms with Crippen molar-refractivity contribution in [2.75, 3.05) is 19.6 Å². The van der Waals surface area contributed by atoms with Gasteiger partial charge in [0.15, 0.2) is 0 Å². The summed E-state index contributed by atoms with van der Waals surface area (Å²) in [5.74, 6) is -0.201. The van der Waals surface area contributed by atoms with Crippen LogP contribution >= 0.6 is 0 Å². The van der Waals surface area contributed by atoms with Crippen LogP contribution in [0.3, 0.4) is 0 Å². The molecule has 148 valence electrons. The van der Waals surface area contributed by atoms with Gasteiger partial charge in [-0.05, 0) is 36.2 Å². The molecule has 0 spiro atoms. The zero-order valence-electron chi connectivity index (χ0n) is 15.6. The lowest BCUT2D eigenvalue weighted by atomic mass is 10.0. The number of sulfonamides is 1. The van der Waals surface area contributed by atoms with E-state index < -0.39 is 10.0 Å². The Hall–Kier alpha value is -2.71. The molecular weight excluding hydrogens is 378 g/mol. The standard InChI is InChI=1S/C20H23N3O4S/c1-15(24)22-11-12-23(18(14-22)13-16-5-3-2-4-6-16)20(25)17-7-9-19(10-8-17)28(21,26)27/h2-10,18H,11-14H2,1H3,(H2,21,26,27)/t18-/m1/s1. The van der Waals surface area contributed by atoms with Crippen molar-refractivity contribution in [2.24, 2.45) is 5.14 Å². The van der Waals surface area contributed by atoms with Crippen LogP contribution in [-0.2, 0) is 21.2 Å². The number of amides is 2. The van der Waals surface area contributed by atoms with Gasteiger partial charge in [-0.3, -0.25) is 9.59 Å². The number of rotatable bonds is 4. The summed E-state index contributed by atoms with van der Waals surface area (Å²) < 4.78 is 22.8. The highest BCUT2D eigenvalue weighted by Crippen LogP contribution is 2.19. The van der Waals surface area contributed by atoms with Crippen molar-refractivity contribution in [2.45, 2.75) is 24.3 Å². The quantitative estimate of drug-likeness (QED) is 0.833. The number of piperazine rings is 1. The van der Waals surface area contributed by atoms with Crippen molar-refractivity contribution < 1.29 is 18.0 Å². The highest BCUT2D eigenvalue weighted by atomic mass is 32.2. The molecule has 1 atom stereocenters. The Bertz CT molecular complexity index is 959. The van der Waals surface area contributed by atoms with Crippen LogP contribution in [0.25, 0.3) is 0 Å². The lowest BCUT2D eigenvalue weighted by Crippen LogP contribution is -2.57. The summed E-state index contributed by atoms with van der Waals surface area (Å²) in [4.78, 5) is 28.4. The Morgan fingerprint density at radius 2 is 1.68 bits per heavy atom. The predicted octanol–water partition coefficient (Wildman–Crippen LogP) is 1.25. The number of primary sulfonamides is 1. The van der Waals surface area contributed by atoms with Gasteiger partial charge in [-0.1, -0.05) is 30.3 Å². The number of nitrogens with zero attached hydrogens (tertiary/aromatic N) is 2. The normalized spacial score (nSPS) is 17.4. The molecule has 28 heavy (non-hydrogen) atoms. The van der Waals surface area contributed by atoms with Crippen molar-refractivity contribution >= 4 is 21.8 Å². The molecule has 1 heterocycles. The van der Waals surface area contributed by atoms with E-state index in [1.807, 2.05) is 30.3 Å². The summed E-state index contributed by atoms with van der Waals surface area (Å²) in [6, 6.07) is 15.3. The third-order valence-corrected chi connectivity index (χ3v) is 5.86. The van der Waals surface area contributed by atoms with Crippen LogP contribution in [-0.4, -0.2) is 55.7 Å². The summed E-state index contributed by atoms with van der Waals surface area (Å²) in [6.45, 7) is 2.89. The van der Waals surface area contributed by atoms with E-state index in [0.29, 0.717) is 31.6 Å². The molecule has 2 N–H and O–H groups in total. The number of carbonyl (C=O) groups is 2. The smallest absolute Gasteiger partial charge is 0.254 e. The van der Waals surface area contributed by atoms with Crippen molar-refractivity contribution in [1.29, 1.82) is 0 Å². The summed E-state index contributed by atoms with van der Waals surface area (Å²) in [6.07, 6.45) is 0.631. The second-order valence-corrected chi connectivity index (χ2v) is 8.44. The molecule has 7 nitrogen and oxygen atoms in total. The predicted molar refractivity (Wildman–Crippen MR) is 105 cm³/mol. The van der Waals surface area contributed by atoms with E-state index in [4.69, 9.17) is 5.14 Å². The summed E-state index contributed by atoms with van der Waals surface area (Å²) in [5, 5.41) is 5.12. The average Bonchev–Trinajstić information content (AvgIpc) is 2.67. The molecule has 1 saturated heterocycles. The van der Waals surface area contributed by atoms with Crippen molar-refractivity contribution in [1.82, 2.24) is 9.80 Å². The van der Waals surface area contributed by atoms with Gasteiger partial charge in [-0.25, -0.2) is 13.6 Å². The van der Waals surface area contributed by atoms with Gasteiger partial charge in [-0.15, -0.1) is 0 Å². The molecule has 0 saturated carbocycles. The number of nitrogens with two attached hydrogens (primary N) is 1. The fraction of sp³-hybridized carbons (Fsp3) is 0.300.